The Morgan fingerprint density at radius 1 is 1.11 bits per heavy atom. The second-order valence-corrected chi connectivity index (χ2v) is 8.21. The fraction of sp³-hybridized carbons (Fsp3) is 0.130. The number of thiophene rings is 1. The molecule has 0 saturated carbocycles. The molecule has 0 aliphatic heterocycles. The van der Waals surface area contributed by atoms with Crippen molar-refractivity contribution in [2.75, 3.05) is 4.90 Å². The molecule has 5 heteroatoms. The molecule has 1 amide bonds. The molecular weight excluding hydrogens is 388 g/mol. The Bertz CT molecular complexity index is 1150. The summed E-state index contributed by atoms with van der Waals surface area (Å²) in [5, 5.41) is 1.44. The van der Waals surface area contributed by atoms with E-state index in [1.54, 1.807) is 17.3 Å². The predicted molar refractivity (Wildman–Crippen MR) is 118 cm³/mol. The van der Waals surface area contributed by atoms with E-state index in [9.17, 15) is 4.79 Å². The van der Waals surface area contributed by atoms with Crippen molar-refractivity contribution < 1.29 is 4.79 Å². The Balaban J connectivity index is 1.81. The van der Waals surface area contributed by atoms with Crippen LogP contribution in [-0.4, -0.2) is 10.9 Å². The maximum absolute atomic E-state index is 13.6. The number of rotatable bonds is 4. The maximum Gasteiger partial charge on any atom is 0.270 e. The fourth-order valence-electron chi connectivity index (χ4n) is 3.32. The zero-order valence-electron chi connectivity index (χ0n) is 15.6. The molecule has 2 aromatic heterocycles. The van der Waals surface area contributed by atoms with E-state index in [-0.39, 0.29) is 5.91 Å². The van der Waals surface area contributed by atoms with Crippen LogP contribution in [-0.2, 0) is 6.54 Å². The van der Waals surface area contributed by atoms with Crippen LogP contribution < -0.4 is 4.90 Å². The molecule has 0 saturated heterocycles. The number of fused-ring (bicyclic) bond motifs is 1. The van der Waals surface area contributed by atoms with E-state index in [1.807, 2.05) is 62.4 Å². The summed E-state index contributed by atoms with van der Waals surface area (Å²) in [5.74, 6) is -0.0954. The second-order valence-electron chi connectivity index (χ2n) is 6.78. The number of aryl methyl sites for hydroxylation is 2. The lowest BCUT2D eigenvalue weighted by Crippen LogP contribution is -2.30. The minimum absolute atomic E-state index is 0.0954. The van der Waals surface area contributed by atoms with Gasteiger partial charge in [0, 0.05) is 28.2 Å². The molecule has 140 valence electrons. The van der Waals surface area contributed by atoms with Crippen LogP contribution in [0.1, 0.15) is 26.4 Å². The first-order valence-corrected chi connectivity index (χ1v) is 10.2. The monoisotopic (exact) mass is 406 g/mol. The van der Waals surface area contributed by atoms with Crippen LogP contribution in [0.15, 0.2) is 67.0 Å². The average molecular weight is 407 g/mol. The molecule has 0 fully saturated rings. The number of hydrogen-bond donors (Lipinski definition) is 0. The summed E-state index contributed by atoms with van der Waals surface area (Å²) in [7, 11) is 0. The molecule has 3 nitrogen and oxygen atoms in total. The zero-order chi connectivity index (χ0) is 19.7. The summed E-state index contributed by atoms with van der Waals surface area (Å²) in [6, 6.07) is 17.8. The molecule has 2 heterocycles. The smallest absolute Gasteiger partial charge is 0.270 e. The number of pyridine rings is 1. The Kier molecular flexibility index (Phi) is 5.16. The van der Waals surface area contributed by atoms with Gasteiger partial charge in [-0.2, -0.15) is 0 Å². The van der Waals surface area contributed by atoms with Gasteiger partial charge in [-0.05, 0) is 43.2 Å². The van der Waals surface area contributed by atoms with Crippen LogP contribution in [0.5, 0.6) is 0 Å². The van der Waals surface area contributed by atoms with Crippen molar-refractivity contribution in [3.63, 3.8) is 0 Å². The Morgan fingerprint density at radius 2 is 1.93 bits per heavy atom. The summed E-state index contributed by atoms with van der Waals surface area (Å²) < 4.78 is 1.01. The van der Waals surface area contributed by atoms with E-state index in [4.69, 9.17) is 11.6 Å². The van der Waals surface area contributed by atoms with Crippen molar-refractivity contribution in [1.29, 1.82) is 0 Å². The van der Waals surface area contributed by atoms with E-state index in [1.165, 1.54) is 11.3 Å². The van der Waals surface area contributed by atoms with E-state index in [0.29, 0.717) is 16.4 Å². The number of nitrogens with zero attached hydrogens (tertiary/aromatic N) is 2. The highest BCUT2D eigenvalue weighted by Gasteiger charge is 2.25. The van der Waals surface area contributed by atoms with Gasteiger partial charge in [0.05, 0.1) is 11.6 Å². The molecule has 0 N–H and O–H groups in total. The van der Waals surface area contributed by atoms with Gasteiger partial charge in [-0.25, -0.2) is 0 Å². The summed E-state index contributed by atoms with van der Waals surface area (Å²) in [6.45, 7) is 4.51. The molecule has 4 aromatic rings. The largest absolute Gasteiger partial charge is 0.303 e. The second kappa shape index (κ2) is 7.74. The number of anilines is 1. The normalized spacial score (nSPS) is 11.0. The number of halogens is 1. The minimum atomic E-state index is -0.0954. The van der Waals surface area contributed by atoms with Crippen LogP contribution in [0.2, 0.25) is 5.02 Å². The third-order valence-electron chi connectivity index (χ3n) is 4.68. The fourth-order valence-corrected chi connectivity index (χ4v) is 4.78. The highest BCUT2D eigenvalue weighted by Crippen LogP contribution is 2.37. The number of carbonyl (C=O) groups excluding carboxylic acids is 1. The molecule has 0 bridgehead atoms. The SMILES string of the molecule is Cc1ccc(N(Cc2cccnc2)C(=O)c2sc3ccccc3c2Cl)c(C)c1. The van der Waals surface area contributed by atoms with Crippen molar-refractivity contribution in [3.05, 3.63) is 93.6 Å². The predicted octanol–water partition coefficient (Wildman–Crippen LogP) is 6.41. The topological polar surface area (TPSA) is 33.2 Å². The number of carbonyl (C=O) groups is 1. The number of benzene rings is 2. The quantitative estimate of drug-likeness (QED) is 0.392. The van der Waals surface area contributed by atoms with Gasteiger partial charge in [0.2, 0.25) is 0 Å². The Morgan fingerprint density at radius 3 is 2.64 bits per heavy atom. The van der Waals surface area contributed by atoms with Crippen molar-refractivity contribution >= 4 is 44.6 Å². The van der Waals surface area contributed by atoms with Gasteiger partial charge in [-0.15, -0.1) is 11.3 Å². The summed E-state index contributed by atoms with van der Waals surface area (Å²) >= 11 is 8.04. The molecule has 0 radical (unpaired) electrons. The highest BCUT2D eigenvalue weighted by molar-refractivity contribution is 7.21. The number of aromatic nitrogens is 1. The first-order valence-electron chi connectivity index (χ1n) is 8.99. The van der Waals surface area contributed by atoms with Gasteiger partial charge in [-0.1, -0.05) is 53.6 Å². The molecule has 0 unspecified atom stereocenters. The average Bonchev–Trinajstić information content (AvgIpc) is 3.04. The van der Waals surface area contributed by atoms with Crippen molar-refractivity contribution in [3.8, 4) is 0 Å². The Hall–Kier alpha value is -2.69. The molecule has 2 aromatic carbocycles. The molecule has 28 heavy (non-hydrogen) atoms. The molecule has 0 aliphatic carbocycles. The highest BCUT2D eigenvalue weighted by atomic mass is 35.5. The van der Waals surface area contributed by atoms with Crippen LogP contribution in [0.3, 0.4) is 0 Å². The van der Waals surface area contributed by atoms with E-state index < -0.39 is 0 Å². The van der Waals surface area contributed by atoms with Crippen LogP contribution in [0, 0.1) is 13.8 Å². The first-order chi connectivity index (χ1) is 13.5. The van der Waals surface area contributed by atoms with Gasteiger partial charge in [0.15, 0.2) is 0 Å². The van der Waals surface area contributed by atoms with E-state index >= 15 is 0 Å². The summed E-state index contributed by atoms with van der Waals surface area (Å²) in [5.41, 5.74) is 4.06. The van der Waals surface area contributed by atoms with Crippen molar-refractivity contribution in [1.82, 2.24) is 4.98 Å². The van der Waals surface area contributed by atoms with Crippen molar-refractivity contribution in [2.45, 2.75) is 20.4 Å². The van der Waals surface area contributed by atoms with Gasteiger partial charge in [0.1, 0.15) is 4.88 Å². The van der Waals surface area contributed by atoms with Crippen LogP contribution in [0.25, 0.3) is 10.1 Å². The third-order valence-corrected chi connectivity index (χ3v) is 6.34. The van der Waals surface area contributed by atoms with Gasteiger partial charge >= 0.3 is 0 Å². The Labute approximate surface area is 173 Å². The molecular formula is C23H19ClN2OS. The van der Waals surface area contributed by atoms with Crippen molar-refractivity contribution in [2.24, 2.45) is 0 Å². The molecule has 0 aliphatic rings. The number of amides is 1. The molecule has 0 atom stereocenters. The first kappa shape index (κ1) is 18.7. The van der Waals surface area contributed by atoms with E-state index in [0.717, 1.165) is 32.5 Å². The van der Waals surface area contributed by atoms with Gasteiger partial charge < -0.3 is 4.90 Å². The lowest BCUT2D eigenvalue weighted by atomic mass is 10.1. The van der Waals surface area contributed by atoms with E-state index in [2.05, 4.69) is 11.1 Å². The summed E-state index contributed by atoms with van der Waals surface area (Å²) in [4.78, 5) is 20.2. The standard InChI is InChI=1S/C23H19ClN2OS/c1-15-9-10-19(16(2)12-15)26(14-17-6-5-11-25-13-17)23(27)22-21(24)18-7-3-4-8-20(18)28-22/h3-13H,14H2,1-2H3. The summed E-state index contributed by atoms with van der Waals surface area (Å²) in [6.07, 6.45) is 3.52. The third kappa shape index (κ3) is 3.53. The zero-order valence-corrected chi connectivity index (χ0v) is 17.2. The number of hydrogen-bond acceptors (Lipinski definition) is 3. The minimum Gasteiger partial charge on any atom is -0.303 e. The molecule has 0 spiro atoms. The lowest BCUT2D eigenvalue weighted by molar-refractivity contribution is 0.0989. The van der Waals surface area contributed by atoms with Gasteiger partial charge in [-0.3, -0.25) is 9.78 Å². The molecule has 4 rings (SSSR count). The van der Waals surface area contributed by atoms with Crippen LogP contribution >= 0.6 is 22.9 Å². The van der Waals surface area contributed by atoms with Gasteiger partial charge in [0.25, 0.3) is 5.91 Å². The maximum atomic E-state index is 13.6. The van der Waals surface area contributed by atoms with Crippen LogP contribution in [0.4, 0.5) is 5.69 Å². The lowest BCUT2D eigenvalue weighted by Gasteiger charge is -2.24.